The zero-order chi connectivity index (χ0) is 39.2. The van der Waals surface area contributed by atoms with Crippen molar-refractivity contribution in [3.63, 3.8) is 0 Å². The van der Waals surface area contributed by atoms with E-state index in [4.69, 9.17) is 9.98 Å². The summed E-state index contributed by atoms with van der Waals surface area (Å²) in [6.07, 6.45) is 7.04. The second-order valence-corrected chi connectivity index (χ2v) is 20.5. The van der Waals surface area contributed by atoms with Crippen LogP contribution in [0.2, 0.25) is 0 Å². The summed E-state index contributed by atoms with van der Waals surface area (Å²) in [5.74, 6) is 1.72. The topological polar surface area (TPSA) is 122 Å². The Labute approximate surface area is 330 Å². The molecule has 0 spiro atoms. The zero-order valence-corrected chi connectivity index (χ0v) is 36.1. The molecule has 0 radical (unpaired) electrons. The van der Waals surface area contributed by atoms with Crippen LogP contribution in [0.4, 0.5) is 0 Å². The largest absolute Gasteiger partial charge is 0.744 e. The Kier molecular flexibility index (Phi) is 13.4. The summed E-state index contributed by atoms with van der Waals surface area (Å²) in [6, 6.07) is 14.9. The maximum Gasteiger partial charge on any atom is 0.128 e. The fraction of sp³-hybridized carbons (Fsp3) is 0.545. The molecule has 0 saturated heterocycles. The minimum Gasteiger partial charge on any atom is -0.744 e. The van der Waals surface area contributed by atoms with Crippen LogP contribution >= 0.6 is 0 Å². The molecule has 0 amide bonds. The molecule has 53 heavy (non-hydrogen) atoms. The second kappa shape index (κ2) is 16.0. The van der Waals surface area contributed by atoms with Crippen LogP contribution in [0.25, 0.3) is 0 Å². The number of hydrogen-bond acceptors (Lipinski definition) is 7. The SMILES string of the molecule is CC(C)(C)c1cc(C=N[C@@H]2C[C@H]3C[C@@H]2C[C@H]3N=Cc2cc(C(C)(C)C)cc(C(C)(C)C)c2O)c(O)c(C(C)(C)C)c1.Cc1ccc(S(=O)(=O)[O-])cc1.[Cr]. The van der Waals surface area contributed by atoms with E-state index in [0.717, 1.165) is 47.1 Å². The Morgan fingerprint density at radius 1 is 0.623 bits per heavy atom. The molecule has 2 saturated carbocycles. The van der Waals surface area contributed by atoms with Crippen molar-refractivity contribution in [3.05, 3.63) is 87.5 Å². The van der Waals surface area contributed by atoms with Gasteiger partial charge in [-0.25, -0.2) is 8.42 Å². The second-order valence-electron chi connectivity index (χ2n) is 19.1. The first-order chi connectivity index (χ1) is 23.7. The van der Waals surface area contributed by atoms with Gasteiger partial charge in [-0.05, 0) is 95.1 Å². The fourth-order valence-corrected chi connectivity index (χ4v) is 7.63. The maximum absolute atomic E-state index is 11.2. The van der Waals surface area contributed by atoms with Gasteiger partial charge in [-0.1, -0.05) is 113 Å². The molecule has 9 heteroatoms. The van der Waals surface area contributed by atoms with E-state index in [9.17, 15) is 23.2 Å². The minimum atomic E-state index is -4.27. The number of nitrogens with zero attached hydrogens (tertiary/aromatic N) is 2. The Hall–Kier alpha value is -2.96. The molecule has 0 heterocycles. The molecule has 0 unspecified atom stereocenters. The van der Waals surface area contributed by atoms with Crippen LogP contribution in [0, 0.1) is 18.8 Å². The first kappa shape index (κ1) is 44.4. The van der Waals surface area contributed by atoms with Crippen molar-refractivity contribution in [1.29, 1.82) is 0 Å². The third kappa shape index (κ3) is 11.1. The number of phenols is 2. The van der Waals surface area contributed by atoms with E-state index in [1.165, 1.54) is 23.3 Å². The van der Waals surface area contributed by atoms with Gasteiger partial charge in [0.25, 0.3) is 0 Å². The van der Waals surface area contributed by atoms with Gasteiger partial charge in [-0.15, -0.1) is 0 Å². The molecule has 7 nitrogen and oxygen atoms in total. The molecule has 4 atom stereocenters. The number of aryl methyl sites for hydroxylation is 1. The molecule has 5 rings (SSSR count). The molecule has 3 aromatic carbocycles. The van der Waals surface area contributed by atoms with E-state index in [-0.39, 0.29) is 56.0 Å². The summed E-state index contributed by atoms with van der Waals surface area (Å²) in [5.41, 5.74) is 6.63. The summed E-state index contributed by atoms with van der Waals surface area (Å²) in [4.78, 5) is 9.92. The van der Waals surface area contributed by atoms with Crippen LogP contribution in [0.15, 0.2) is 63.4 Å². The maximum atomic E-state index is 11.2. The van der Waals surface area contributed by atoms with Gasteiger partial charge in [0.05, 0.1) is 17.0 Å². The summed E-state index contributed by atoms with van der Waals surface area (Å²) < 4.78 is 31.2. The predicted octanol–water partition coefficient (Wildman–Crippen LogP) is 9.89. The summed E-state index contributed by atoms with van der Waals surface area (Å²) >= 11 is 0. The normalized spacial score (nSPS) is 20.8. The van der Waals surface area contributed by atoms with E-state index in [0.29, 0.717) is 23.3 Å². The first-order valence-electron chi connectivity index (χ1n) is 18.5. The van der Waals surface area contributed by atoms with Gasteiger partial charge >= 0.3 is 0 Å². The van der Waals surface area contributed by atoms with E-state index in [1.54, 1.807) is 12.1 Å². The van der Waals surface area contributed by atoms with Crippen LogP contribution in [-0.4, -0.2) is 47.7 Å². The van der Waals surface area contributed by atoms with Crippen LogP contribution < -0.4 is 0 Å². The predicted molar refractivity (Wildman–Crippen MR) is 214 cm³/mol. The molecular weight excluding hydrogens is 721 g/mol. The smallest absolute Gasteiger partial charge is 0.128 e. The van der Waals surface area contributed by atoms with Crippen LogP contribution in [-0.2, 0) is 49.1 Å². The monoisotopic (exact) mass is 781 g/mol. The van der Waals surface area contributed by atoms with Crippen molar-refractivity contribution in [2.45, 2.75) is 148 Å². The van der Waals surface area contributed by atoms with Gasteiger partial charge in [0.1, 0.15) is 21.6 Å². The number of aromatic hydroxyl groups is 2. The van der Waals surface area contributed by atoms with Gasteiger partial charge in [-0.3, -0.25) is 9.98 Å². The van der Waals surface area contributed by atoms with Gasteiger partial charge in [0, 0.05) is 52.0 Å². The molecule has 2 aliphatic carbocycles. The summed E-state index contributed by atoms with van der Waals surface area (Å²) in [5, 5.41) is 22.3. The van der Waals surface area contributed by atoms with Crippen molar-refractivity contribution in [1.82, 2.24) is 0 Å². The van der Waals surface area contributed by atoms with Crippen molar-refractivity contribution < 1.29 is 40.5 Å². The third-order valence-corrected chi connectivity index (χ3v) is 11.4. The van der Waals surface area contributed by atoms with Crippen LogP contribution in [0.1, 0.15) is 141 Å². The fourth-order valence-electron chi connectivity index (χ4n) is 7.16. The van der Waals surface area contributed by atoms with Gasteiger partial charge in [0.15, 0.2) is 0 Å². The Morgan fingerprint density at radius 2 is 0.981 bits per heavy atom. The van der Waals surface area contributed by atoms with Crippen molar-refractivity contribution in [2.75, 3.05) is 0 Å². The Bertz CT molecular complexity index is 1820. The van der Waals surface area contributed by atoms with E-state index in [1.807, 2.05) is 19.4 Å². The quantitative estimate of drug-likeness (QED) is 0.197. The molecule has 3 aromatic rings. The molecule has 0 aliphatic heterocycles. The number of benzene rings is 3. The Balaban J connectivity index is 0.000000540. The molecule has 2 bridgehead atoms. The number of rotatable bonds is 5. The van der Waals surface area contributed by atoms with Crippen molar-refractivity contribution in [3.8, 4) is 11.5 Å². The molecule has 0 aromatic heterocycles. The average Bonchev–Trinajstić information content (AvgIpc) is 3.58. The first-order valence-corrected chi connectivity index (χ1v) is 19.9. The average molecular weight is 782 g/mol. The number of aliphatic imine (C=N–C) groups is 2. The minimum absolute atomic E-state index is 0. The standard InChI is InChI=1S/C37H54N2O2.C7H8O3S.Cr/c1-34(2,3)26-14-24(32(40)28(18-26)36(7,8)9)20-38-30-16-23-13-22(30)17-31(23)39-21-25-15-27(35(4,5)6)19-29(33(25)41)37(10,11)12;1-6-2-4-7(5-3-6)11(8,9)10;/h14-15,18-23,30-31,40-41H,13,16-17H2,1-12H3;2-5H,1H3,(H,8,9,10);/p-1/t22-,23-,30-,31-;;/m1../s1. The summed E-state index contributed by atoms with van der Waals surface area (Å²) in [7, 11) is -4.27. The van der Waals surface area contributed by atoms with Crippen LogP contribution in [0.5, 0.6) is 11.5 Å². The van der Waals surface area contributed by atoms with E-state index in [2.05, 4.69) is 107 Å². The van der Waals surface area contributed by atoms with Gasteiger partial charge in [0.2, 0.25) is 0 Å². The van der Waals surface area contributed by atoms with Crippen LogP contribution in [0.3, 0.4) is 0 Å². The molecule has 290 valence electrons. The molecule has 2 aliphatic rings. The Morgan fingerprint density at radius 3 is 1.26 bits per heavy atom. The summed E-state index contributed by atoms with van der Waals surface area (Å²) in [6.45, 7) is 28.0. The van der Waals surface area contributed by atoms with E-state index < -0.39 is 10.1 Å². The van der Waals surface area contributed by atoms with Crippen molar-refractivity contribution in [2.24, 2.45) is 21.8 Å². The van der Waals surface area contributed by atoms with E-state index >= 15 is 0 Å². The zero-order valence-electron chi connectivity index (χ0n) is 34.0. The van der Waals surface area contributed by atoms with Gasteiger partial charge < -0.3 is 14.8 Å². The van der Waals surface area contributed by atoms with Crippen molar-refractivity contribution >= 4 is 22.5 Å². The number of phenolic OH excluding ortho intramolecular Hbond substituents is 2. The molecule has 2 N–H and O–H groups in total. The number of hydrogen-bond donors (Lipinski definition) is 2. The van der Waals surface area contributed by atoms with Gasteiger partial charge in [-0.2, -0.15) is 0 Å². The molecule has 2 fully saturated rings. The molecular formula is C44H61CrN2O5S-. The number of fused-ring (bicyclic) bond motifs is 2. The third-order valence-electron chi connectivity index (χ3n) is 10.5.